The summed E-state index contributed by atoms with van der Waals surface area (Å²) in [7, 11) is 0. The molecule has 3 rings (SSSR count). The van der Waals surface area contributed by atoms with Crippen molar-refractivity contribution in [2.24, 2.45) is 0 Å². The first-order chi connectivity index (χ1) is 10.1. The van der Waals surface area contributed by atoms with Crippen molar-refractivity contribution >= 4 is 6.09 Å². The number of alkyl halides is 1. The van der Waals surface area contributed by atoms with Crippen molar-refractivity contribution in [1.82, 2.24) is 10.2 Å². The summed E-state index contributed by atoms with van der Waals surface area (Å²) in [4.78, 5) is 12.6. The number of nitrogens with zero attached hydrogens (tertiary/aromatic N) is 1. The number of cyclic esters (lactones) is 1. The van der Waals surface area contributed by atoms with Gasteiger partial charge in [-0.1, -0.05) is 30.3 Å². The van der Waals surface area contributed by atoms with Crippen LogP contribution in [-0.2, 0) is 15.2 Å². The highest BCUT2D eigenvalue weighted by Gasteiger charge is 2.51. The third kappa shape index (κ3) is 2.48. The monoisotopic (exact) mass is 296 g/mol. The Bertz CT molecular complexity index is 515. The van der Waals surface area contributed by atoms with Gasteiger partial charge < -0.3 is 19.9 Å². The second-order valence-electron chi connectivity index (χ2n) is 5.07. The average molecular weight is 296 g/mol. The van der Waals surface area contributed by atoms with Gasteiger partial charge in [-0.15, -0.1) is 0 Å². The lowest BCUT2D eigenvalue weighted by Gasteiger charge is -2.45. The number of carbonyl (C=O) groups excluding carboxylic acids is 1. The molecule has 2 heterocycles. The number of rotatable bonds is 3. The van der Waals surface area contributed by atoms with Gasteiger partial charge in [0.1, 0.15) is 0 Å². The van der Waals surface area contributed by atoms with E-state index in [4.69, 9.17) is 9.47 Å². The fraction of sp³-hybridized carbons (Fsp3) is 0.500. The number of hydrogen-bond donors (Lipinski definition) is 2. The summed E-state index contributed by atoms with van der Waals surface area (Å²) in [5.74, 6) is 0. The van der Waals surface area contributed by atoms with Crippen LogP contribution in [0.1, 0.15) is 5.56 Å². The largest absolute Gasteiger partial charge is 0.439 e. The Hall–Kier alpha value is -1.70. The SMILES string of the molecule is O=C1NCC(C(O)(c2ccccc2)N2CCOCC2F)O1. The summed E-state index contributed by atoms with van der Waals surface area (Å²) >= 11 is 0. The van der Waals surface area contributed by atoms with E-state index in [1.54, 1.807) is 30.3 Å². The molecule has 0 radical (unpaired) electrons. The van der Waals surface area contributed by atoms with E-state index in [1.807, 2.05) is 0 Å². The van der Waals surface area contributed by atoms with Gasteiger partial charge in [-0.25, -0.2) is 14.1 Å². The van der Waals surface area contributed by atoms with Crippen molar-refractivity contribution in [3.8, 4) is 0 Å². The molecule has 21 heavy (non-hydrogen) atoms. The van der Waals surface area contributed by atoms with Gasteiger partial charge >= 0.3 is 6.09 Å². The van der Waals surface area contributed by atoms with Crippen molar-refractivity contribution in [2.75, 3.05) is 26.3 Å². The van der Waals surface area contributed by atoms with Gasteiger partial charge in [0.2, 0.25) is 0 Å². The molecule has 1 aromatic rings. The third-order valence-corrected chi connectivity index (χ3v) is 3.84. The summed E-state index contributed by atoms with van der Waals surface area (Å²) in [5.41, 5.74) is -1.25. The quantitative estimate of drug-likeness (QED) is 0.798. The standard InChI is InChI=1S/C14H17FN2O4/c15-12-9-20-7-6-17(12)14(19,10-4-2-1-3-5-10)11-8-16-13(18)21-11/h1-5,11-12,19H,6-9H2,(H,16,18). The number of benzene rings is 1. The zero-order valence-electron chi connectivity index (χ0n) is 11.4. The van der Waals surface area contributed by atoms with Crippen LogP contribution in [0.3, 0.4) is 0 Å². The lowest BCUT2D eigenvalue weighted by molar-refractivity contribution is -0.237. The molecule has 2 aliphatic rings. The fourth-order valence-corrected chi connectivity index (χ4v) is 2.79. The Morgan fingerprint density at radius 1 is 1.38 bits per heavy atom. The minimum absolute atomic E-state index is 0.119. The molecule has 0 spiro atoms. The number of hydrogen-bond acceptors (Lipinski definition) is 5. The van der Waals surface area contributed by atoms with Crippen LogP contribution in [0.2, 0.25) is 0 Å². The van der Waals surface area contributed by atoms with E-state index in [-0.39, 0.29) is 19.7 Å². The van der Waals surface area contributed by atoms with Crippen molar-refractivity contribution in [2.45, 2.75) is 18.1 Å². The normalized spacial score (nSPS) is 29.5. The number of ether oxygens (including phenoxy) is 2. The molecular formula is C14H17FN2O4. The average Bonchev–Trinajstić information content (AvgIpc) is 2.95. The molecule has 0 bridgehead atoms. The molecule has 1 aromatic carbocycles. The van der Waals surface area contributed by atoms with Crippen molar-refractivity contribution in [3.05, 3.63) is 35.9 Å². The maximum absolute atomic E-state index is 14.3. The maximum Gasteiger partial charge on any atom is 0.407 e. The van der Waals surface area contributed by atoms with Gasteiger partial charge in [0, 0.05) is 12.1 Å². The van der Waals surface area contributed by atoms with Crippen LogP contribution >= 0.6 is 0 Å². The van der Waals surface area contributed by atoms with Gasteiger partial charge in [-0.2, -0.15) is 0 Å². The van der Waals surface area contributed by atoms with E-state index in [0.717, 1.165) is 0 Å². The van der Waals surface area contributed by atoms with Gasteiger partial charge in [-0.3, -0.25) is 0 Å². The Morgan fingerprint density at radius 3 is 2.76 bits per heavy atom. The molecular weight excluding hydrogens is 279 g/mol. The molecule has 114 valence electrons. The van der Waals surface area contributed by atoms with Gasteiger partial charge in [0.15, 0.2) is 18.1 Å². The molecule has 0 aliphatic carbocycles. The van der Waals surface area contributed by atoms with E-state index in [0.29, 0.717) is 12.2 Å². The number of morpholine rings is 1. The smallest absolute Gasteiger partial charge is 0.407 e. The zero-order chi connectivity index (χ0) is 14.9. The molecule has 0 saturated carbocycles. The van der Waals surface area contributed by atoms with Crippen LogP contribution in [0, 0.1) is 0 Å². The number of aliphatic hydroxyl groups is 1. The highest BCUT2D eigenvalue weighted by Crippen LogP contribution is 2.35. The molecule has 2 fully saturated rings. The van der Waals surface area contributed by atoms with Crippen LogP contribution in [0.25, 0.3) is 0 Å². The molecule has 6 nitrogen and oxygen atoms in total. The zero-order valence-corrected chi connectivity index (χ0v) is 11.4. The summed E-state index contributed by atoms with van der Waals surface area (Å²) in [5, 5.41) is 13.7. The molecule has 2 saturated heterocycles. The number of nitrogens with one attached hydrogen (secondary N) is 1. The van der Waals surface area contributed by atoms with Gasteiger partial charge in [-0.05, 0) is 0 Å². The summed E-state index contributed by atoms with van der Waals surface area (Å²) in [6, 6.07) is 8.67. The lowest BCUT2D eigenvalue weighted by Crippen LogP contribution is -2.61. The fourth-order valence-electron chi connectivity index (χ4n) is 2.79. The molecule has 7 heteroatoms. The van der Waals surface area contributed by atoms with Crippen LogP contribution < -0.4 is 5.32 Å². The topological polar surface area (TPSA) is 71.0 Å². The van der Waals surface area contributed by atoms with Gasteiger partial charge in [0.25, 0.3) is 0 Å². The van der Waals surface area contributed by atoms with Gasteiger partial charge in [0.05, 0.1) is 19.8 Å². The van der Waals surface area contributed by atoms with E-state index in [1.165, 1.54) is 4.90 Å². The second-order valence-corrected chi connectivity index (χ2v) is 5.07. The molecule has 2 aliphatic heterocycles. The first kappa shape index (κ1) is 14.2. The Labute approximate surface area is 121 Å². The Morgan fingerprint density at radius 2 is 2.14 bits per heavy atom. The number of carbonyl (C=O) groups is 1. The van der Waals surface area contributed by atoms with E-state index < -0.39 is 24.2 Å². The Balaban J connectivity index is 1.99. The molecule has 1 amide bonds. The lowest BCUT2D eigenvalue weighted by atomic mass is 9.94. The number of alkyl carbamates (subject to hydrolysis) is 1. The van der Waals surface area contributed by atoms with Crippen molar-refractivity contribution in [3.63, 3.8) is 0 Å². The highest BCUT2D eigenvalue weighted by atomic mass is 19.1. The van der Waals surface area contributed by atoms with Crippen LogP contribution in [0.4, 0.5) is 9.18 Å². The summed E-state index contributed by atoms with van der Waals surface area (Å²) in [6.45, 7) is 0.516. The maximum atomic E-state index is 14.3. The number of amides is 1. The van der Waals surface area contributed by atoms with E-state index in [2.05, 4.69) is 5.32 Å². The van der Waals surface area contributed by atoms with Crippen LogP contribution in [-0.4, -0.2) is 54.8 Å². The second kappa shape index (κ2) is 5.59. The molecule has 3 unspecified atom stereocenters. The first-order valence-electron chi connectivity index (χ1n) is 6.83. The van der Waals surface area contributed by atoms with Crippen molar-refractivity contribution in [1.29, 1.82) is 0 Å². The third-order valence-electron chi connectivity index (χ3n) is 3.84. The van der Waals surface area contributed by atoms with E-state index in [9.17, 15) is 14.3 Å². The predicted octanol–water partition coefficient (Wildman–Crippen LogP) is 0.568. The Kier molecular flexibility index (Phi) is 3.79. The molecule has 2 N–H and O–H groups in total. The minimum Gasteiger partial charge on any atom is -0.439 e. The van der Waals surface area contributed by atoms with Crippen molar-refractivity contribution < 1.29 is 23.8 Å². The molecule has 0 aromatic heterocycles. The predicted molar refractivity (Wildman–Crippen MR) is 71.0 cm³/mol. The van der Waals surface area contributed by atoms with Crippen LogP contribution in [0.15, 0.2) is 30.3 Å². The van der Waals surface area contributed by atoms with E-state index >= 15 is 0 Å². The highest BCUT2D eigenvalue weighted by molar-refractivity contribution is 5.69. The minimum atomic E-state index is -1.73. The first-order valence-corrected chi connectivity index (χ1v) is 6.83. The van der Waals surface area contributed by atoms with Crippen LogP contribution in [0.5, 0.6) is 0 Å². The summed E-state index contributed by atoms with van der Waals surface area (Å²) < 4.78 is 24.5. The number of halogens is 1. The molecule has 3 atom stereocenters. The summed E-state index contributed by atoms with van der Waals surface area (Å²) in [6.07, 6.45) is -2.97.